The Morgan fingerprint density at radius 3 is 2.52 bits per heavy atom. The van der Waals surface area contributed by atoms with Crippen molar-refractivity contribution in [2.45, 2.75) is 20.4 Å². The van der Waals surface area contributed by atoms with Crippen LogP contribution in [0.1, 0.15) is 24.2 Å². The molecule has 0 fully saturated rings. The van der Waals surface area contributed by atoms with Crippen molar-refractivity contribution in [1.29, 1.82) is 0 Å². The molecule has 23 heavy (non-hydrogen) atoms. The predicted molar refractivity (Wildman–Crippen MR) is 94.0 cm³/mol. The molecule has 0 radical (unpaired) electrons. The van der Waals surface area contributed by atoms with E-state index in [1.807, 2.05) is 49.4 Å². The maximum Gasteiger partial charge on any atom is 0.338 e. The van der Waals surface area contributed by atoms with Crippen molar-refractivity contribution in [1.82, 2.24) is 4.57 Å². The van der Waals surface area contributed by atoms with Crippen LogP contribution >= 0.6 is 11.6 Å². The topological polar surface area (TPSA) is 31.2 Å². The van der Waals surface area contributed by atoms with E-state index < -0.39 is 0 Å². The number of halogens is 1. The lowest BCUT2D eigenvalue weighted by Crippen LogP contribution is -2.04. The highest BCUT2D eigenvalue weighted by atomic mass is 35.5. The van der Waals surface area contributed by atoms with E-state index in [1.54, 1.807) is 0 Å². The molecule has 0 saturated carbocycles. The molecular formula is C19H18ClNO2. The van der Waals surface area contributed by atoms with Crippen LogP contribution in [-0.4, -0.2) is 17.1 Å². The number of carbonyl (C=O) groups is 1. The van der Waals surface area contributed by atoms with Crippen LogP contribution in [-0.2, 0) is 11.3 Å². The number of fused-ring (bicyclic) bond motifs is 1. The fourth-order valence-corrected chi connectivity index (χ4v) is 2.89. The Balaban J connectivity index is 2.18. The molecule has 0 aliphatic rings. The Labute approximate surface area is 140 Å². The highest BCUT2D eigenvalue weighted by molar-refractivity contribution is 6.30. The molecule has 0 bridgehead atoms. The maximum absolute atomic E-state index is 12.0. The van der Waals surface area contributed by atoms with E-state index >= 15 is 0 Å². The number of carbonyl (C=O) groups excluding carboxylic acids is 1. The van der Waals surface area contributed by atoms with Gasteiger partial charge in [0.25, 0.3) is 0 Å². The van der Waals surface area contributed by atoms with Gasteiger partial charge in [-0.25, -0.2) is 4.79 Å². The van der Waals surface area contributed by atoms with E-state index in [4.69, 9.17) is 16.3 Å². The van der Waals surface area contributed by atoms with Crippen molar-refractivity contribution in [3.63, 3.8) is 0 Å². The van der Waals surface area contributed by atoms with Crippen molar-refractivity contribution < 1.29 is 9.53 Å². The minimum Gasteiger partial charge on any atom is -0.462 e. The first kappa shape index (κ1) is 15.6. The number of aryl methyl sites for hydroxylation is 1. The number of benzene rings is 2. The quantitative estimate of drug-likeness (QED) is 0.620. The third-order valence-electron chi connectivity index (χ3n) is 3.89. The first-order valence-electron chi connectivity index (χ1n) is 7.70. The van der Waals surface area contributed by atoms with Gasteiger partial charge < -0.3 is 9.30 Å². The molecule has 4 heteroatoms. The number of hydrogen-bond acceptors (Lipinski definition) is 2. The lowest BCUT2D eigenvalue weighted by molar-refractivity contribution is 0.0526. The van der Waals surface area contributed by atoms with Crippen molar-refractivity contribution >= 4 is 28.5 Å². The molecule has 0 spiro atoms. The average Bonchev–Trinajstić information content (AvgIpc) is 2.94. The Morgan fingerprint density at radius 2 is 1.87 bits per heavy atom. The van der Waals surface area contributed by atoms with Gasteiger partial charge in [0, 0.05) is 34.2 Å². The van der Waals surface area contributed by atoms with Crippen LogP contribution in [0.3, 0.4) is 0 Å². The Morgan fingerprint density at radius 1 is 1.13 bits per heavy atom. The van der Waals surface area contributed by atoms with Crippen LogP contribution in [0.15, 0.2) is 48.7 Å². The Kier molecular flexibility index (Phi) is 4.39. The monoisotopic (exact) mass is 327 g/mol. The zero-order chi connectivity index (χ0) is 16.4. The van der Waals surface area contributed by atoms with Crippen LogP contribution in [0.5, 0.6) is 0 Å². The van der Waals surface area contributed by atoms with Crippen molar-refractivity contribution in [2.75, 3.05) is 6.61 Å². The van der Waals surface area contributed by atoms with Gasteiger partial charge in [0.05, 0.1) is 12.2 Å². The standard InChI is InChI=1S/C19H18ClNO2/c1-3-21-12-17(13-5-8-15(20)9-6-13)16-11-14(7-10-18(16)21)19(22)23-4-2/h5-12H,3-4H2,1-2H3. The Bertz CT molecular complexity index is 850. The zero-order valence-corrected chi connectivity index (χ0v) is 13.9. The fraction of sp³-hybridized carbons (Fsp3) is 0.211. The minimum absolute atomic E-state index is 0.291. The summed E-state index contributed by atoms with van der Waals surface area (Å²) in [6.45, 7) is 5.15. The zero-order valence-electron chi connectivity index (χ0n) is 13.2. The van der Waals surface area contributed by atoms with E-state index in [2.05, 4.69) is 17.7 Å². The van der Waals surface area contributed by atoms with Crippen LogP contribution in [0.2, 0.25) is 5.02 Å². The molecule has 0 aliphatic heterocycles. The second-order valence-electron chi connectivity index (χ2n) is 5.29. The van der Waals surface area contributed by atoms with E-state index in [-0.39, 0.29) is 5.97 Å². The largest absolute Gasteiger partial charge is 0.462 e. The second kappa shape index (κ2) is 6.47. The van der Waals surface area contributed by atoms with Crippen LogP contribution in [0.4, 0.5) is 0 Å². The van der Waals surface area contributed by atoms with Gasteiger partial charge in [-0.3, -0.25) is 0 Å². The smallest absolute Gasteiger partial charge is 0.338 e. The summed E-state index contributed by atoms with van der Waals surface area (Å²) in [5.41, 5.74) is 3.84. The first-order valence-corrected chi connectivity index (χ1v) is 8.07. The highest BCUT2D eigenvalue weighted by Crippen LogP contribution is 2.32. The van der Waals surface area contributed by atoms with Crippen LogP contribution < -0.4 is 0 Å². The van der Waals surface area contributed by atoms with Gasteiger partial charge in [-0.2, -0.15) is 0 Å². The maximum atomic E-state index is 12.0. The lowest BCUT2D eigenvalue weighted by atomic mass is 10.0. The summed E-state index contributed by atoms with van der Waals surface area (Å²) in [7, 11) is 0. The van der Waals surface area contributed by atoms with Gasteiger partial charge >= 0.3 is 5.97 Å². The van der Waals surface area contributed by atoms with Crippen molar-refractivity contribution in [3.05, 3.63) is 59.2 Å². The van der Waals surface area contributed by atoms with Crippen molar-refractivity contribution in [3.8, 4) is 11.1 Å². The molecule has 0 aliphatic carbocycles. The molecule has 118 valence electrons. The predicted octanol–water partition coefficient (Wildman–Crippen LogP) is 5.16. The van der Waals surface area contributed by atoms with E-state index in [0.717, 1.165) is 28.6 Å². The number of aromatic nitrogens is 1. The fourth-order valence-electron chi connectivity index (χ4n) is 2.76. The SMILES string of the molecule is CCOC(=O)c1ccc2c(c1)c(-c1ccc(Cl)cc1)cn2CC. The van der Waals surface area contributed by atoms with Crippen LogP contribution in [0, 0.1) is 0 Å². The van der Waals surface area contributed by atoms with Gasteiger partial charge in [0.1, 0.15) is 0 Å². The van der Waals surface area contributed by atoms with E-state index in [0.29, 0.717) is 17.2 Å². The molecule has 0 amide bonds. The summed E-state index contributed by atoms with van der Waals surface area (Å²) in [6.07, 6.45) is 2.11. The summed E-state index contributed by atoms with van der Waals surface area (Å²) < 4.78 is 7.28. The Hall–Kier alpha value is -2.26. The summed E-state index contributed by atoms with van der Waals surface area (Å²) in [6, 6.07) is 13.4. The lowest BCUT2D eigenvalue weighted by Gasteiger charge is -2.04. The van der Waals surface area contributed by atoms with E-state index in [1.165, 1.54) is 0 Å². The number of nitrogens with zero attached hydrogens (tertiary/aromatic N) is 1. The number of rotatable bonds is 4. The van der Waals surface area contributed by atoms with E-state index in [9.17, 15) is 4.79 Å². The number of esters is 1. The summed E-state index contributed by atoms with van der Waals surface area (Å²) in [5.74, 6) is -0.291. The molecule has 3 aromatic rings. The van der Waals surface area contributed by atoms with Crippen LogP contribution in [0.25, 0.3) is 22.0 Å². The van der Waals surface area contributed by atoms with Gasteiger partial charge in [0.15, 0.2) is 0 Å². The third kappa shape index (κ3) is 2.97. The summed E-state index contributed by atoms with van der Waals surface area (Å²) >= 11 is 5.99. The normalized spacial score (nSPS) is 10.9. The number of hydrogen-bond donors (Lipinski definition) is 0. The molecule has 1 aromatic heterocycles. The average molecular weight is 328 g/mol. The van der Waals surface area contributed by atoms with Crippen molar-refractivity contribution in [2.24, 2.45) is 0 Å². The third-order valence-corrected chi connectivity index (χ3v) is 4.14. The summed E-state index contributed by atoms with van der Waals surface area (Å²) in [5, 5.41) is 1.75. The van der Waals surface area contributed by atoms with Gasteiger partial charge in [0.2, 0.25) is 0 Å². The molecule has 0 N–H and O–H groups in total. The van der Waals surface area contributed by atoms with Gasteiger partial charge in [-0.15, -0.1) is 0 Å². The molecule has 2 aromatic carbocycles. The molecular weight excluding hydrogens is 310 g/mol. The number of ether oxygens (including phenoxy) is 1. The summed E-state index contributed by atoms with van der Waals surface area (Å²) in [4.78, 5) is 12.0. The second-order valence-corrected chi connectivity index (χ2v) is 5.72. The van der Waals surface area contributed by atoms with Gasteiger partial charge in [-0.1, -0.05) is 23.7 Å². The molecule has 3 rings (SSSR count). The molecule has 0 unspecified atom stereocenters. The molecule has 1 heterocycles. The molecule has 0 saturated heterocycles. The van der Waals surface area contributed by atoms with Gasteiger partial charge in [-0.05, 0) is 49.7 Å². The first-order chi connectivity index (χ1) is 11.1. The highest BCUT2D eigenvalue weighted by Gasteiger charge is 2.13. The molecule has 0 atom stereocenters. The minimum atomic E-state index is -0.291. The molecule has 3 nitrogen and oxygen atoms in total.